The molecule has 1 N–H and O–H groups in total. The zero-order valence-corrected chi connectivity index (χ0v) is 15.8. The summed E-state index contributed by atoms with van der Waals surface area (Å²) in [6.45, 7) is 3.30. The van der Waals surface area contributed by atoms with Crippen LogP contribution in [-0.2, 0) is 11.2 Å². The Morgan fingerprint density at radius 1 is 1.30 bits per heavy atom. The molecule has 0 aliphatic heterocycles. The van der Waals surface area contributed by atoms with Crippen molar-refractivity contribution >= 4 is 17.2 Å². The Labute approximate surface area is 160 Å². The second-order valence-electron chi connectivity index (χ2n) is 6.28. The number of pyridine rings is 1. The Balaban J connectivity index is 1.79. The first-order valence-corrected chi connectivity index (χ1v) is 9.46. The lowest BCUT2D eigenvalue weighted by atomic mass is 10.0. The highest BCUT2D eigenvalue weighted by molar-refractivity contribution is 7.07. The van der Waals surface area contributed by atoms with Crippen LogP contribution in [0.3, 0.4) is 0 Å². The van der Waals surface area contributed by atoms with Crippen molar-refractivity contribution in [2.24, 2.45) is 0 Å². The third kappa shape index (κ3) is 4.57. The van der Waals surface area contributed by atoms with Gasteiger partial charge in [-0.25, -0.2) is 8.78 Å². The normalized spacial score (nSPS) is 13.5. The van der Waals surface area contributed by atoms with E-state index in [9.17, 15) is 13.6 Å². The van der Waals surface area contributed by atoms with Crippen LogP contribution in [0.15, 0.2) is 47.3 Å². The molecule has 142 valence electrons. The summed E-state index contributed by atoms with van der Waals surface area (Å²) in [6.07, 6.45) is -0.391. The van der Waals surface area contributed by atoms with Crippen LogP contribution < -0.4 is 5.32 Å². The SMILES string of the molecule is Cc1cc(C(F)F)nn1C(C)C(=O)NC(Cc1ccsc1)c1ccccn1. The summed E-state index contributed by atoms with van der Waals surface area (Å²) in [6, 6.07) is 7.81. The van der Waals surface area contributed by atoms with Crippen LogP contribution in [0.5, 0.6) is 0 Å². The van der Waals surface area contributed by atoms with Crippen molar-refractivity contribution in [3.8, 4) is 0 Å². The van der Waals surface area contributed by atoms with Gasteiger partial charge in [0, 0.05) is 11.9 Å². The molecule has 0 spiro atoms. The zero-order chi connectivity index (χ0) is 19.4. The number of halogens is 2. The molecule has 8 heteroatoms. The second kappa shape index (κ2) is 8.39. The number of nitrogens with one attached hydrogen (secondary N) is 1. The van der Waals surface area contributed by atoms with E-state index in [1.165, 1.54) is 10.7 Å². The monoisotopic (exact) mass is 390 g/mol. The van der Waals surface area contributed by atoms with Gasteiger partial charge >= 0.3 is 0 Å². The zero-order valence-electron chi connectivity index (χ0n) is 15.0. The molecular weight excluding hydrogens is 370 g/mol. The highest BCUT2D eigenvalue weighted by Crippen LogP contribution is 2.22. The van der Waals surface area contributed by atoms with Crippen molar-refractivity contribution in [2.45, 2.75) is 38.8 Å². The highest BCUT2D eigenvalue weighted by atomic mass is 32.1. The maximum atomic E-state index is 12.9. The van der Waals surface area contributed by atoms with Crippen molar-refractivity contribution in [1.29, 1.82) is 0 Å². The predicted molar refractivity (Wildman–Crippen MR) is 99.8 cm³/mol. The van der Waals surface area contributed by atoms with Gasteiger partial charge in [0.05, 0.1) is 11.7 Å². The predicted octanol–water partition coefficient (Wildman–Crippen LogP) is 4.25. The van der Waals surface area contributed by atoms with Crippen LogP contribution in [0.25, 0.3) is 0 Å². The molecule has 0 saturated heterocycles. The van der Waals surface area contributed by atoms with E-state index in [1.54, 1.807) is 31.4 Å². The Hall–Kier alpha value is -2.61. The van der Waals surface area contributed by atoms with E-state index in [2.05, 4.69) is 15.4 Å². The van der Waals surface area contributed by atoms with E-state index in [0.717, 1.165) is 11.3 Å². The van der Waals surface area contributed by atoms with Gasteiger partial charge in [-0.2, -0.15) is 16.4 Å². The average molecular weight is 390 g/mol. The van der Waals surface area contributed by atoms with E-state index in [0.29, 0.717) is 12.1 Å². The number of rotatable bonds is 7. The molecule has 1 amide bonds. The van der Waals surface area contributed by atoms with Crippen molar-refractivity contribution in [2.75, 3.05) is 0 Å². The number of aryl methyl sites for hydroxylation is 1. The van der Waals surface area contributed by atoms with Gasteiger partial charge in [0.25, 0.3) is 6.43 Å². The van der Waals surface area contributed by atoms with Gasteiger partial charge in [-0.15, -0.1) is 0 Å². The first-order chi connectivity index (χ1) is 13.0. The summed E-state index contributed by atoms with van der Waals surface area (Å²) in [5.41, 5.74) is 2.03. The van der Waals surface area contributed by atoms with Gasteiger partial charge in [0.1, 0.15) is 11.7 Å². The molecule has 0 fully saturated rings. The molecule has 3 rings (SSSR count). The van der Waals surface area contributed by atoms with Crippen LogP contribution in [0.2, 0.25) is 0 Å². The van der Waals surface area contributed by atoms with Gasteiger partial charge in [0.2, 0.25) is 5.91 Å². The first kappa shape index (κ1) is 19.2. The number of nitrogens with zero attached hydrogens (tertiary/aromatic N) is 3. The molecule has 3 heterocycles. The number of amides is 1. The second-order valence-corrected chi connectivity index (χ2v) is 7.06. The Bertz CT molecular complexity index is 881. The number of hydrogen-bond donors (Lipinski definition) is 1. The molecule has 0 bridgehead atoms. The van der Waals surface area contributed by atoms with E-state index >= 15 is 0 Å². The quantitative estimate of drug-likeness (QED) is 0.656. The van der Waals surface area contributed by atoms with E-state index in [4.69, 9.17) is 0 Å². The van der Waals surface area contributed by atoms with Crippen molar-refractivity contribution in [3.63, 3.8) is 0 Å². The number of hydrogen-bond acceptors (Lipinski definition) is 4. The summed E-state index contributed by atoms with van der Waals surface area (Å²) in [4.78, 5) is 17.2. The number of thiophene rings is 1. The minimum atomic E-state index is -2.67. The van der Waals surface area contributed by atoms with E-state index in [-0.39, 0.29) is 17.6 Å². The fourth-order valence-electron chi connectivity index (χ4n) is 2.87. The number of carbonyl (C=O) groups excluding carboxylic acids is 1. The molecule has 5 nitrogen and oxygen atoms in total. The Morgan fingerprint density at radius 2 is 2.11 bits per heavy atom. The fourth-order valence-corrected chi connectivity index (χ4v) is 3.55. The maximum Gasteiger partial charge on any atom is 0.282 e. The Morgan fingerprint density at radius 3 is 2.70 bits per heavy atom. The van der Waals surface area contributed by atoms with Crippen molar-refractivity contribution in [3.05, 3.63) is 69.9 Å². The number of alkyl halides is 2. The minimum Gasteiger partial charge on any atom is -0.346 e. The lowest BCUT2D eigenvalue weighted by molar-refractivity contribution is -0.125. The van der Waals surface area contributed by atoms with Crippen LogP contribution in [-0.4, -0.2) is 20.7 Å². The lowest BCUT2D eigenvalue weighted by Gasteiger charge is -2.21. The topological polar surface area (TPSA) is 59.8 Å². The van der Waals surface area contributed by atoms with Crippen molar-refractivity contribution in [1.82, 2.24) is 20.1 Å². The highest BCUT2D eigenvalue weighted by Gasteiger charge is 2.24. The average Bonchev–Trinajstić information content (AvgIpc) is 3.30. The molecule has 2 atom stereocenters. The molecule has 3 aromatic rings. The lowest BCUT2D eigenvalue weighted by Crippen LogP contribution is -2.36. The van der Waals surface area contributed by atoms with Gasteiger partial charge in [0.15, 0.2) is 0 Å². The molecule has 27 heavy (non-hydrogen) atoms. The summed E-state index contributed by atoms with van der Waals surface area (Å²) in [5.74, 6) is -0.298. The van der Waals surface area contributed by atoms with Gasteiger partial charge in [-0.05, 0) is 60.9 Å². The summed E-state index contributed by atoms with van der Waals surface area (Å²) < 4.78 is 27.1. The van der Waals surface area contributed by atoms with Gasteiger partial charge in [-0.3, -0.25) is 14.5 Å². The maximum absolute atomic E-state index is 12.9. The molecule has 0 aliphatic carbocycles. The van der Waals surface area contributed by atoms with Crippen molar-refractivity contribution < 1.29 is 13.6 Å². The largest absolute Gasteiger partial charge is 0.346 e. The molecule has 3 aromatic heterocycles. The first-order valence-electron chi connectivity index (χ1n) is 8.52. The van der Waals surface area contributed by atoms with Crippen LogP contribution in [0, 0.1) is 6.92 Å². The van der Waals surface area contributed by atoms with E-state index in [1.807, 2.05) is 35.0 Å². The third-order valence-corrected chi connectivity index (χ3v) is 5.02. The molecular formula is C19H20F2N4OS. The minimum absolute atomic E-state index is 0.298. The summed E-state index contributed by atoms with van der Waals surface area (Å²) >= 11 is 1.59. The van der Waals surface area contributed by atoms with Gasteiger partial charge < -0.3 is 5.32 Å². The molecule has 2 unspecified atom stereocenters. The molecule has 0 radical (unpaired) electrons. The fraction of sp³-hybridized carbons (Fsp3) is 0.316. The van der Waals surface area contributed by atoms with Crippen LogP contribution >= 0.6 is 11.3 Å². The summed E-state index contributed by atoms with van der Waals surface area (Å²) in [7, 11) is 0. The number of aromatic nitrogens is 3. The summed E-state index contributed by atoms with van der Waals surface area (Å²) in [5, 5.41) is 10.9. The third-order valence-electron chi connectivity index (χ3n) is 4.29. The standard InChI is InChI=1S/C19H20F2N4OS/c1-12-9-17(18(20)21)24-25(12)13(2)19(26)23-16(10-14-6-8-27-11-14)15-5-3-4-7-22-15/h3-9,11,13,16,18H,10H2,1-2H3,(H,23,26). The molecule has 0 aromatic carbocycles. The number of carbonyl (C=O) groups is 1. The molecule has 0 aliphatic rings. The van der Waals surface area contributed by atoms with E-state index < -0.39 is 12.5 Å². The smallest absolute Gasteiger partial charge is 0.282 e. The Kier molecular flexibility index (Phi) is 5.95. The molecule has 0 saturated carbocycles. The van der Waals surface area contributed by atoms with Crippen LogP contribution in [0.1, 0.15) is 48.1 Å². The van der Waals surface area contributed by atoms with Crippen LogP contribution in [0.4, 0.5) is 8.78 Å². The van der Waals surface area contributed by atoms with Gasteiger partial charge in [-0.1, -0.05) is 6.07 Å².